The van der Waals surface area contributed by atoms with E-state index < -0.39 is 0 Å². The van der Waals surface area contributed by atoms with Crippen LogP contribution in [0.2, 0.25) is 0 Å². The van der Waals surface area contributed by atoms with Crippen LogP contribution < -0.4 is 10.9 Å². The summed E-state index contributed by atoms with van der Waals surface area (Å²) in [5.74, 6) is -0.112. The van der Waals surface area contributed by atoms with E-state index in [0.29, 0.717) is 18.7 Å². The molecule has 7 nitrogen and oxygen atoms in total. The summed E-state index contributed by atoms with van der Waals surface area (Å²) in [5, 5.41) is 12.5. The topological polar surface area (TPSA) is 88.7 Å². The summed E-state index contributed by atoms with van der Waals surface area (Å²) >= 11 is 0. The summed E-state index contributed by atoms with van der Waals surface area (Å²) in [6.07, 6.45) is 9.26. The van der Waals surface area contributed by atoms with Crippen molar-refractivity contribution >= 4 is 17.3 Å². The molecule has 0 aliphatic carbocycles. The molecule has 1 amide bonds. The fraction of sp³-hybridized carbons (Fsp3) is 0.200. The molecule has 7 heteroatoms. The third-order valence-corrected chi connectivity index (χ3v) is 5.09. The van der Waals surface area contributed by atoms with Gasteiger partial charge in [0.2, 0.25) is 5.56 Å². The minimum Gasteiger partial charge on any atom is -0.395 e. The highest BCUT2D eigenvalue weighted by Crippen LogP contribution is 2.31. The molecule has 1 aromatic heterocycles. The van der Waals surface area contributed by atoms with Crippen LogP contribution in [0.4, 0.5) is 5.69 Å². The first kappa shape index (κ1) is 22.8. The molecule has 32 heavy (non-hydrogen) atoms. The molecule has 0 radical (unpaired) electrons. The number of carbonyl (C=O) groups excluding carboxylic acids is 1. The number of anilines is 1. The average molecular weight is 433 g/mol. The molecule has 2 aromatic rings. The van der Waals surface area contributed by atoms with Gasteiger partial charge in [-0.1, -0.05) is 12.7 Å². The number of hydrogen-bond donors (Lipinski definition) is 3. The van der Waals surface area contributed by atoms with Gasteiger partial charge < -0.3 is 25.2 Å². The van der Waals surface area contributed by atoms with Gasteiger partial charge >= 0.3 is 0 Å². The summed E-state index contributed by atoms with van der Waals surface area (Å²) in [5.41, 5.74) is 4.36. The molecular formula is C25H28N4O3. The largest absolute Gasteiger partial charge is 0.395 e. The molecule has 3 N–H and O–H groups in total. The minimum atomic E-state index is -0.169. The Morgan fingerprint density at radius 2 is 2.00 bits per heavy atom. The highest BCUT2D eigenvalue weighted by molar-refractivity contribution is 5.94. The number of carbonyl (C=O) groups is 1. The van der Waals surface area contributed by atoms with Crippen LogP contribution in [-0.4, -0.2) is 45.5 Å². The number of nitrogens with one attached hydrogen (secondary N) is 2. The van der Waals surface area contributed by atoms with Crippen molar-refractivity contribution in [2.45, 2.75) is 13.8 Å². The summed E-state index contributed by atoms with van der Waals surface area (Å²) in [6, 6.07) is 10.6. The van der Waals surface area contributed by atoms with Crippen molar-refractivity contribution in [2.75, 3.05) is 25.0 Å². The molecule has 2 heterocycles. The van der Waals surface area contributed by atoms with Gasteiger partial charge in [0.1, 0.15) is 0 Å². The number of benzene rings is 1. The van der Waals surface area contributed by atoms with E-state index in [-0.39, 0.29) is 18.1 Å². The molecule has 0 bridgehead atoms. The van der Waals surface area contributed by atoms with E-state index in [4.69, 9.17) is 5.11 Å². The maximum absolute atomic E-state index is 12.6. The number of nitrogens with zero attached hydrogens (tertiary/aromatic N) is 2. The SMILES string of the molecule is C=C1C(Nc2ccc(C(=O)N(CC)CCO)cc2)=CC=C(c2cc[nH]c(=O)c2)N1/C=C\C. The molecule has 1 aliphatic heterocycles. The summed E-state index contributed by atoms with van der Waals surface area (Å²) in [6.45, 7) is 8.81. The number of amides is 1. The Kier molecular flexibility index (Phi) is 7.46. The maximum Gasteiger partial charge on any atom is 0.253 e. The Balaban J connectivity index is 1.83. The van der Waals surface area contributed by atoms with Crippen LogP contribution >= 0.6 is 0 Å². The van der Waals surface area contributed by atoms with Crippen molar-refractivity contribution in [3.63, 3.8) is 0 Å². The van der Waals surface area contributed by atoms with Crippen LogP contribution in [0.5, 0.6) is 0 Å². The number of H-pyrrole nitrogens is 1. The molecule has 0 unspecified atom stereocenters. The van der Waals surface area contributed by atoms with Crippen molar-refractivity contribution < 1.29 is 9.90 Å². The van der Waals surface area contributed by atoms with Crippen LogP contribution in [0.1, 0.15) is 29.8 Å². The second-order valence-corrected chi connectivity index (χ2v) is 7.18. The first-order valence-corrected chi connectivity index (χ1v) is 10.5. The number of rotatable bonds is 8. The summed E-state index contributed by atoms with van der Waals surface area (Å²) < 4.78 is 0. The predicted molar refractivity (Wildman–Crippen MR) is 128 cm³/mol. The van der Waals surface area contributed by atoms with Gasteiger partial charge in [0.15, 0.2) is 0 Å². The summed E-state index contributed by atoms with van der Waals surface area (Å²) in [7, 11) is 0. The lowest BCUT2D eigenvalue weighted by molar-refractivity contribution is 0.0732. The molecule has 3 rings (SSSR count). The lowest BCUT2D eigenvalue weighted by Crippen LogP contribution is -2.33. The zero-order chi connectivity index (χ0) is 23.1. The highest BCUT2D eigenvalue weighted by atomic mass is 16.3. The fourth-order valence-corrected chi connectivity index (χ4v) is 3.44. The minimum absolute atomic E-state index is 0.0644. The van der Waals surface area contributed by atoms with E-state index in [9.17, 15) is 9.59 Å². The molecule has 1 aromatic carbocycles. The van der Waals surface area contributed by atoms with Gasteiger partial charge in [-0.15, -0.1) is 0 Å². The zero-order valence-corrected chi connectivity index (χ0v) is 18.3. The quantitative estimate of drug-likeness (QED) is 0.594. The molecule has 1 aliphatic rings. The molecule has 166 valence electrons. The van der Waals surface area contributed by atoms with Gasteiger partial charge in [0, 0.05) is 48.4 Å². The van der Waals surface area contributed by atoms with Crippen LogP contribution in [0.25, 0.3) is 5.70 Å². The van der Waals surface area contributed by atoms with E-state index in [1.165, 1.54) is 0 Å². The van der Waals surface area contributed by atoms with Crippen molar-refractivity contribution in [2.24, 2.45) is 0 Å². The van der Waals surface area contributed by atoms with Crippen molar-refractivity contribution in [3.05, 3.63) is 106 Å². The van der Waals surface area contributed by atoms with E-state index in [1.807, 2.05) is 61.4 Å². The number of aliphatic hydroxyl groups is 1. The standard InChI is InChI=1S/C25H28N4O3/c1-4-14-29-18(3)22(10-11-23(29)20-12-13-26-24(31)17-20)27-21-8-6-19(7-9-21)25(32)28(5-2)15-16-30/h4,6-14,17,27,30H,3,5,15-16H2,1-2H3,(H,26,31)/b14-4-. The first-order chi connectivity index (χ1) is 15.5. The third kappa shape index (κ3) is 5.07. The Morgan fingerprint density at radius 1 is 1.25 bits per heavy atom. The smallest absolute Gasteiger partial charge is 0.253 e. The number of allylic oxidation sites excluding steroid dienone is 3. The summed E-state index contributed by atoms with van der Waals surface area (Å²) in [4.78, 5) is 30.5. The predicted octanol–water partition coefficient (Wildman–Crippen LogP) is 3.53. The van der Waals surface area contributed by atoms with Crippen molar-refractivity contribution in [3.8, 4) is 0 Å². The second-order valence-electron chi connectivity index (χ2n) is 7.18. The van der Waals surface area contributed by atoms with Gasteiger partial charge in [0.25, 0.3) is 5.91 Å². The second kappa shape index (κ2) is 10.5. The van der Waals surface area contributed by atoms with E-state index in [1.54, 1.807) is 29.3 Å². The molecule has 0 saturated carbocycles. The molecule has 0 saturated heterocycles. The maximum atomic E-state index is 12.6. The number of hydrogen-bond acceptors (Lipinski definition) is 5. The van der Waals surface area contributed by atoms with Crippen LogP contribution in [-0.2, 0) is 0 Å². The fourth-order valence-electron chi connectivity index (χ4n) is 3.44. The van der Waals surface area contributed by atoms with E-state index in [2.05, 4.69) is 16.9 Å². The first-order valence-electron chi connectivity index (χ1n) is 10.5. The van der Waals surface area contributed by atoms with Crippen LogP contribution in [0, 0.1) is 0 Å². The Morgan fingerprint density at radius 3 is 2.62 bits per heavy atom. The van der Waals surface area contributed by atoms with Gasteiger partial charge in [-0.3, -0.25) is 9.59 Å². The van der Waals surface area contributed by atoms with Gasteiger partial charge in [0.05, 0.1) is 23.7 Å². The highest BCUT2D eigenvalue weighted by Gasteiger charge is 2.20. The normalized spacial score (nSPS) is 13.7. The Hall–Kier alpha value is -3.84. The number of aromatic nitrogens is 1. The zero-order valence-electron chi connectivity index (χ0n) is 18.3. The molecule has 0 fully saturated rings. The lowest BCUT2D eigenvalue weighted by atomic mass is 10.1. The van der Waals surface area contributed by atoms with Gasteiger partial charge in [-0.05, 0) is 56.3 Å². The van der Waals surface area contributed by atoms with Crippen molar-refractivity contribution in [1.29, 1.82) is 0 Å². The number of aliphatic hydroxyl groups excluding tert-OH is 1. The lowest BCUT2D eigenvalue weighted by Gasteiger charge is -2.30. The average Bonchev–Trinajstić information content (AvgIpc) is 2.80. The molecule has 0 atom stereocenters. The van der Waals surface area contributed by atoms with Crippen LogP contribution in [0.15, 0.2) is 89.8 Å². The van der Waals surface area contributed by atoms with Gasteiger partial charge in [-0.25, -0.2) is 0 Å². The van der Waals surface area contributed by atoms with Gasteiger partial charge in [-0.2, -0.15) is 0 Å². The Labute approximate surface area is 187 Å². The van der Waals surface area contributed by atoms with Crippen LogP contribution in [0.3, 0.4) is 0 Å². The van der Waals surface area contributed by atoms with Crippen molar-refractivity contribution in [1.82, 2.24) is 14.8 Å². The monoisotopic (exact) mass is 432 g/mol. The van der Waals surface area contributed by atoms with E-state index >= 15 is 0 Å². The number of aromatic amines is 1. The Bertz CT molecular complexity index is 1130. The molecular weight excluding hydrogens is 404 g/mol. The number of likely N-dealkylation sites (N-methyl/N-ethyl adjacent to an activating group) is 1. The third-order valence-electron chi connectivity index (χ3n) is 5.09. The van der Waals surface area contributed by atoms with E-state index in [0.717, 1.165) is 28.3 Å². The number of pyridine rings is 1. The molecule has 0 spiro atoms.